The van der Waals surface area contributed by atoms with Crippen LogP contribution >= 0.6 is 0 Å². The summed E-state index contributed by atoms with van der Waals surface area (Å²) in [7, 11) is 0. The molecule has 9 nitrogen and oxygen atoms in total. The van der Waals surface area contributed by atoms with Crippen LogP contribution in [0.15, 0.2) is 304 Å². The third kappa shape index (κ3) is 16.3. The molecule has 0 spiro atoms. The van der Waals surface area contributed by atoms with Gasteiger partial charge in [-0.05, 0) is 111 Å². The van der Waals surface area contributed by atoms with Gasteiger partial charge in [0, 0.05) is 60.9 Å². The molecule has 4 heterocycles. The van der Waals surface area contributed by atoms with Gasteiger partial charge < -0.3 is 15.1 Å². The molecule has 0 bridgehead atoms. The second-order valence-electron chi connectivity index (χ2n) is 20.1. The van der Waals surface area contributed by atoms with Gasteiger partial charge in [0.1, 0.15) is 0 Å². The van der Waals surface area contributed by atoms with Crippen molar-refractivity contribution in [2.75, 3.05) is 0 Å². The first-order valence-corrected chi connectivity index (χ1v) is 28.3. The molecule has 0 N–H and O–H groups in total. The molecule has 14 aromatic rings. The molecule has 10 aromatic carbocycles. The fourth-order valence-electron chi connectivity index (χ4n) is 9.68. The molecular weight excluding hydrogens is 1280 g/mol. The number of nitrogens with zero attached hydrogens (tertiary/aromatic N) is 8. The van der Waals surface area contributed by atoms with Crippen molar-refractivity contribution in [3.8, 4) is 113 Å². The third-order valence-corrected chi connectivity index (χ3v) is 14.2. The minimum Gasteiger partial charge on any atom is -0.871 e. The number of para-hydroxylation sites is 1. The minimum absolute atomic E-state index is 0. The van der Waals surface area contributed by atoms with Gasteiger partial charge in [0.15, 0.2) is 23.2 Å². The van der Waals surface area contributed by atoms with E-state index in [9.17, 15) is 5.11 Å². The van der Waals surface area contributed by atoms with E-state index < -0.39 is 0 Å². The van der Waals surface area contributed by atoms with Crippen LogP contribution in [0.25, 0.3) is 117 Å². The number of nitriles is 1. The molecule has 0 saturated heterocycles. The van der Waals surface area contributed by atoms with E-state index in [0.29, 0.717) is 34.2 Å². The number of aryl methyl sites for hydroxylation is 1. The van der Waals surface area contributed by atoms with Crippen molar-refractivity contribution in [1.82, 2.24) is 29.9 Å². The third-order valence-electron chi connectivity index (χ3n) is 14.2. The minimum atomic E-state index is -0.0110. The molecule has 1 radical (unpaired) electrons. The topological polar surface area (TPSA) is 129 Å². The van der Waals surface area contributed by atoms with Crippen LogP contribution in [-0.2, 0) is 20.1 Å². The van der Waals surface area contributed by atoms with Crippen LogP contribution in [0.1, 0.15) is 11.1 Å². The quantitative estimate of drug-likeness (QED) is 0.103. The fourth-order valence-corrected chi connectivity index (χ4v) is 9.68. The average Bonchev–Trinajstić information content (AvgIpc) is 1.22. The summed E-state index contributed by atoms with van der Waals surface area (Å²) in [4.78, 5) is 31.1. The Labute approximate surface area is 550 Å². The number of benzene rings is 10. The van der Waals surface area contributed by atoms with Crippen molar-refractivity contribution >= 4 is 16.6 Å². The van der Waals surface area contributed by atoms with Crippen molar-refractivity contribution in [3.05, 3.63) is 338 Å². The zero-order valence-corrected chi connectivity index (χ0v) is 51.6. The van der Waals surface area contributed by atoms with Crippen molar-refractivity contribution in [2.45, 2.75) is 6.92 Å². The SMILES string of the molecule is Cc1cc(-c2[c-]cccc2)ncc1-c1ccccc1.[C-]#[N+]c1ccc(-c2cc(-c3ccc(-c4ccc(C#N)cc4)cc3)cc(-c3nc(-c4ccccc4)nc(-c4ccccc4)n3)c2)cc1.[Ir].[Li+].[O-]c1cccc2cccnc12.[c-]1ccccc1-c1ccccn1. The molecule has 11 heteroatoms. The van der Waals surface area contributed by atoms with E-state index in [2.05, 4.69) is 106 Å². The molecule has 0 amide bonds. The van der Waals surface area contributed by atoms with Crippen LogP contribution in [0.2, 0.25) is 0 Å². The molecule has 4 aromatic heterocycles. The van der Waals surface area contributed by atoms with Crippen LogP contribution in [0, 0.1) is 37.0 Å². The predicted molar refractivity (Wildman–Crippen MR) is 352 cm³/mol. The van der Waals surface area contributed by atoms with Gasteiger partial charge in [-0.1, -0.05) is 200 Å². The second kappa shape index (κ2) is 31.5. The van der Waals surface area contributed by atoms with Gasteiger partial charge in [-0.3, -0.25) is 4.98 Å². The molecule has 0 fully saturated rings. The molecule has 90 heavy (non-hydrogen) atoms. The Morgan fingerprint density at radius 2 is 0.889 bits per heavy atom. The van der Waals surface area contributed by atoms with Gasteiger partial charge in [0.05, 0.1) is 23.7 Å². The summed E-state index contributed by atoms with van der Waals surface area (Å²) in [6.07, 6.45) is 5.36. The van der Waals surface area contributed by atoms with Gasteiger partial charge in [-0.2, -0.15) is 5.26 Å². The first kappa shape index (κ1) is 63.4. The second-order valence-corrected chi connectivity index (χ2v) is 20.1. The molecule has 0 saturated carbocycles. The Morgan fingerprint density at radius 1 is 0.422 bits per heavy atom. The Morgan fingerprint density at radius 3 is 1.39 bits per heavy atom. The van der Waals surface area contributed by atoms with Crippen LogP contribution in [-0.4, -0.2) is 29.9 Å². The van der Waals surface area contributed by atoms with E-state index in [1.165, 1.54) is 22.8 Å². The smallest absolute Gasteiger partial charge is 0.871 e. The zero-order valence-electron chi connectivity index (χ0n) is 49.2. The van der Waals surface area contributed by atoms with E-state index in [0.717, 1.165) is 78.0 Å². The Kier molecular flexibility index (Phi) is 22.2. The fraction of sp³-hybridized carbons (Fsp3) is 0.0127. The van der Waals surface area contributed by atoms with Crippen molar-refractivity contribution < 1.29 is 44.1 Å². The van der Waals surface area contributed by atoms with Crippen molar-refractivity contribution in [3.63, 3.8) is 0 Å². The molecule has 0 atom stereocenters. The summed E-state index contributed by atoms with van der Waals surface area (Å²) < 4.78 is 0. The molecule has 0 unspecified atom stereocenters. The van der Waals surface area contributed by atoms with E-state index in [-0.39, 0.29) is 44.7 Å². The maximum absolute atomic E-state index is 11.1. The van der Waals surface area contributed by atoms with Gasteiger partial charge >= 0.3 is 18.9 Å². The molecule has 14 rings (SSSR count). The summed E-state index contributed by atoms with van der Waals surface area (Å²) >= 11 is 0. The van der Waals surface area contributed by atoms with Crippen LogP contribution in [0.4, 0.5) is 5.69 Å². The first-order chi connectivity index (χ1) is 43.3. The Hall–Kier alpha value is -11.1. The summed E-state index contributed by atoms with van der Waals surface area (Å²) in [6, 6.07) is 101. The maximum atomic E-state index is 11.1. The average molecular weight is 1330 g/mol. The van der Waals surface area contributed by atoms with E-state index >= 15 is 0 Å². The van der Waals surface area contributed by atoms with Crippen LogP contribution < -0.4 is 24.0 Å². The standard InChI is InChI=1S/C41H25N5.C18H14N.C11H8N.C9H7NO.Ir.Li/c1-43-38-22-20-32(21-23-38)36-24-35(31-18-16-30(17-19-31)29-14-12-28(27-42)13-15-29)25-37(26-36)41-45-39(33-8-4-2-5-9-33)44-40(46-41)34-10-6-3-7-11-34;1-14-12-18(16-10-6-3-7-11-16)19-13-17(14)15-8-4-2-5-9-15;1-2-6-10(7-3-1)11-8-4-5-9-12-11;11-8-5-1-3-7-4-2-6-10-9(7)8;;/h2-26H;2-10,12-13H,1H3;1-6,8-9H;1-6,11H;;/q;2*-1;;;+1/p-1. The number of pyridine rings is 3. The summed E-state index contributed by atoms with van der Waals surface area (Å²) in [5.74, 6) is 1.76. The first-order valence-electron chi connectivity index (χ1n) is 28.3. The zero-order chi connectivity index (χ0) is 60.3. The van der Waals surface area contributed by atoms with Gasteiger partial charge in [0.25, 0.3) is 0 Å². The number of fused-ring (bicyclic) bond motifs is 1. The van der Waals surface area contributed by atoms with Crippen molar-refractivity contribution in [2.24, 2.45) is 0 Å². The normalized spacial score (nSPS) is 10.1. The molecule has 0 aliphatic carbocycles. The number of hydrogen-bond acceptors (Lipinski definition) is 8. The number of rotatable bonds is 9. The van der Waals surface area contributed by atoms with E-state index in [1.54, 1.807) is 18.5 Å². The monoisotopic (exact) mass is 1330 g/mol. The molecule has 0 aliphatic heterocycles. The van der Waals surface area contributed by atoms with E-state index in [4.69, 9.17) is 26.8 Å². The van der Waals surface area contributed by atoms with E-state index in [1.807, 2.05) is 219 Å². The number of aromatic nitrogens is 6. The van der Waals surface area contributed by atoms with Crippen molar-refractivity contribution in [1.29, 1.82) is 5.26 Å². The molecule has 427 valence electrons. The predicted octanol–water partition coefficient (Wildman–Crippen LogP) is 15.7. The Bertz CT molecular complexity index is 4570. The van der Waals surface area contributed by atoms with Crippen LogP contribution in [0.5, 0.6) is 5.75 Å². The van der Waals surface area contributed by atoms with Gasteiger partial charge in [-0.15, -0.1) is 71.8 Å². The summed E-state index contributed by atoms with van der Waals surface area (Å²) in [6.45, 7) is 9.50. The molecule has 0 aliphatic rings. The maximum Gasteiger partial charge on any atom is 1.00 e. The Balaban J connectivity index is 0.000000176. The largest absolute Gasteiger partial charge is 1.00 e. The van der Waals surface area contributed by atoms with Gasteiger partial charge in [-0.25, -0.2) is 19.8 Å². The molecular formula is C79H53IrLiN8O-2. The summed E-state index contributed by atoms with van der Waals surface area (Å²) in [5.41, 5.74) is 18.2. The van der Waals surface area contributed by atoms with Gasteiger partial charge in [0.2, 0.25) is 0 Å². The van der Waals surface area contributed by atoms with Crippen LogP contribution in [0.3, 0.4) is 0 Å². The number of hydrogen-bond donors (Lipinski definition) is 0. The summed E-state index contributed by atoms with van der Waals surface area (Å²) in [5, 5.41) is 21.2.